The van der Waals surface area contributed by atoms with Crippen LogP contribution in [0.3, 0.4) is 0 Å². The fourth-order valence-electron chi connectivity index (χ4n) is 2.47. The second-order valence-electron chi connectivity index (χ2n) is 5.59. The first-order valence-corrected chi connectivity index (χ1v) is 8.89. The van der Waals surface area contributed by atoms with Crippen LogP contribution in [0, 0.1) is 0 Å². The molecule has 0 spiro atoms. The summed E-state index contributed by atoms with van der Waals surface area (Å²) in [6.45, 7) is 2.64. The van der Waals surface area contributed by atoms with Crippen molar-refractivity contribution >= 4 is 5.96 Å². The van der Waals surface area contributed by atoms with Crippen molar-refractivity contribution in [1.29, 1.82) is 0 Å². The molecule has 0 aromatic heterocycles. The molecule has 2 aromatic rings. The van der Waals surface area contributed by atoms with E-state index in [0.717, 1.165) is 5.56 Å². The number of nitrogens with zero attached hydrogens (tertiary/aromatic N) is 1. The van der Waals surface area contributed by atoms with E-state index in [1.807, 2.05) is 37.3 Å². The Balaban J connectivity index is 2.12. The number of hydrogen-bond donors (Lipinski definition) is 2. The molecular weight excluding hydrogens is 352 g/mol. The van der Waals surface area contributed by atoms with Crippen LogP contribution >= 0.6 is 0 Å². The van der Waals surface area contributed by atoms with Gasteiger partial charge in [-0.3, -0.25) is 0 Å². The van der Waals surface area contributed by atoms with E-state index in [2.05, 4.69) is 15.6 Å². The van der Waals surface area contributed by atoms with Crippen molar-refractivity contribution in [3.05, 3.63) is 59.7 Å². The molecule has 0 fully saturated rings. The van der Waals surface area contributed by atoms with Crippen LogP contribution in [0.25, 0.3) is 0 Å². The monoisotopic (exact) mass is 377 g/mol. The minimum atomic E-state index is -2.93. The van der Waals surface area contributed by atoms with Crippen LogP contribution in [0.2, 0.25) is 0 Å². The Kier molecular flexibility index (Phi) is 8.35. The van der Waals surface area contributed by atoms with Gasteiger partial charge in [-0.2, -0.15) is 8.78 Å². The highest BCUT2D eigenvalue weighted by Crippen LogP contribution is 2.32. The van der Waals surface area contributed by atoms with Crippen LogP contribution in [0.15, 0.2) is 53.5 Å². The van der Waals surface area contributed by atoms with Gasteiger partial charge in [0, 0.05) is 18.7 Å². The average Bonchev–Trinajstić information content (AvgIpc) is 2.66. The number of alkyl halides is 2. The quantitative estimate of drug-likeness (QED) is 0.513. The second kappa shape index (κ2) is 11.0. The van der Waals surface area contributed by atoms with Gasteiger partial charge in [-0.15, -0.1) is 0 Å². The van der Waals surface area contributed by atoms with Gasteiger partial charge in [0.2, 0.25) is 0 Å². The molecule has 0 bridgehead atoms. The van der Waals surface area contributed by atoms with E-state index in [-0.39, 0.29) is 12.3 Å². The summed E-state index contributed by atoms with van der Waals surface area (Å²) < 4.78 is 35.7. The molecule has 0 amide bonds. The Morgan fingerprint density at radius 2 is 1.81 bits per heavy atom. The minimum absolute atomic E-state index is 0.0424. The highest BCUT2D eigenvalue weighted by Gasteiger charge is 2.16. The standard InChI is InChI=1S/C20H25F2N3O2/c1-3-23-20(24-13-15-9-6-5-7-10-15)25-14-16-11-8-12-17(26-4-2)18(16)27-19(21)22/h5-12,19H,3-4,13-14H2,1-2H3,(H2,23,24,25). The number of rotatable bonds is 9. The molecule has 0 radical (unpaired) electrons. The maximum Gasteiger partial charge on any atom is 0.387 e. The molecule has 0 aliphatic rings. The van der Waals surface area contributed by atoms with Crippen molar-refractivity contribution in [3.8, 4) is 11.5 Å². The topological polar surface area (TPSA) is 54.9 Å². The molecule has 146 valence electrons. The summed E-state index contributed by atoms with van der Waals surface area (Å²) >= 11 is 0. The molecular formula is C20H25F2N3O2. The van der Waals surface area contributed by atoms with Crippen LogP contribution in [0.1, 0.15) is 25.0 Å². The first kappa shape index (κ1) is 20.5. The molecule has 0 unspecified atom stereocenters. The highest BCUT2D eigenvalue weighted by atomic mass is 19.3. The normalized spacial score (nSPS) is 11.4. The molecule has 0 aliphatic carbocycles. The first-order valence-electron chi connectivity index (χ1n) is 8.89. The number of benzene rings is 2. The Bertz CT molecular complexity index is 724. The van der Waals surface area contributed by atoms with Gasteiger partial charge in [-0.05, 0) is 25.5 Å². The molecule has 27 heavy (non-hydrogen) atoms. The Labute approximate surface area is 158 Å². The number of hydrogen-bond acceptors (Lipinski definition) is 3. The average molecular weight is 377 g/mol. The lowest BCUT2D eigenvalue weighted by Crippen LogP contribution is -2.36. The summed E-state index contributed by atoms with van der Waals surface area (Å²) in [6.07, 6.45) is 0. The summed E-state index contributed by atoms with van der Waals surface area (Å²) in [6, 6.07) is 14.9. The number of ether oxygens (including phenoxy) is 2. The van der Waals surface area contributed by atoms with E-state index < -0.39 is 6.61 Å². The van der Waals surface area contributed by atoms with Gasteiger partial charge in [-0.1, -0.05) is 42.5 Å². The van der Waals surface area contributed by atoms with E-state index in [9.17, 15) is 8.78 Å². The third kappa shape index (κ3) is 6.77. The van der Waals surface area contributed by atoms with Crippen LogP contribution in [0.4, 0.5) is 8.78 Å². The summed E-state index contributed by atoms with van der Waals surface area (Å²) in [4.78, 5) is 4.52. The molecule has 2 aromatic carbocycles. The third-order valence-corrected chi connectivity index (χ3v) is 3.62. The van der Waals surface area contributed by atoms with Gasteiger partial charge in [0.15, 0.2) is 17.5 Å². The molecule has 5 nitrogen and oxygen atoms in total. The lowest BCUT2D eigenvalue weighted by molar-refractivity contribution is -0.0520. The van der Waals surface area contributed by atoms with E-state index in [1.165, 1.54) is 0 Å². The van der Waals surface area contributed by atoms with Crippen molar-refractivity contribution < 1.29 is 18.3 Å². The molecule has 0 heterocycles. The summed E-state index contributed by atoms with van der Waals surface area (Å²) in [5, 5.41) is 6.29. The molecule has 7 heteroatoms. The molecule has 0 saturated carbocycles. The van der Waals surface area contributed by atoms with Gasteiger partial charge >= 0.3 is 6.61 Å². The predicted molar refractivity (Wildman–Crippen MR) is 102 cm³/mol. The molecule has 0 saturated heterocycles. The van der Waals surface area contributed by atoms with Crippen molar-refractivity contribution in [2.75, 3.05) is 13.2 Å². The first-order chi connectivity index (χ1) is 13.1. The Morgan fingerprint density at radius 3 is 2.48 bits per heavy atom. The highest BCUT2D eigenvalue weighted by molar-refractivity contribution is 5.79. The maximum absolute atomic E-state index is 12.8. The molecule has 2 rings (SSSR count). The second-order valence-corrected chi connectivity index (χ2v) is 5.59. The van der Waals surface area contributed by atoms with E-state index >= 15 is 0 Å². The van der Waals surface area contributed by atoms with Crippen LogP contribution in [-0.2, 0) is 13.1 Å². The van der Waals surface area contributed by atoms with Gasteiger partial charge in [0.05, 0.1) is 13.2 Å². The van der Waals surface area contributed by atoms with Gasteiger partial charge in [-0.25, -0.2) is 4.99 Å². The van der Waals surface area contributed by atoms with Crippen molar-refractivity contribution in [1.82, 2.24) is 10.6 Å². The number of guanidine groups is 1. The third-order valence-electron chi connectivity index (χ3n) is 3.62. The van der Waals surface area contributed by atoms with E-state index in [0.29, 0.717) is 37.0 Å². The lowest BCUT2D eigenvalue weighted by Gasteiger charge is -2.17. The zero-order valence-corrected chi connectivity index (χ0v) is 15.5. The van der Waals surface area contributed by atoms with Crippen molar-refractivity contribution in [3.63, 3.8) is 0 Å². The lowest BCUT2D eigenvalue weighted by atomic mass is 10.2. The fourth-order valence-corrected chi connectivity index (χ4v) is 2.47. The molecule has 0 atom stereocenters. The summed E-state index contributed by atoms with van der Waals surface area (Å²) in [7, 11) is 0. The van der Waals surface area contributed by atoms with Gasteiger partial charge < -0.3 is 20.1 Å². The van der Waals surface area contributed by atoms with Gasteiger partial charge in [0.1, 0.15) is 0 Å². The number of nitrogens with one attached hydrogen (secondary N) is 2. The maximum atomic E-state index is 12.8. The smallest absolute Gasteiger partial charge is 0.387 e. The number of para-hydroxylation sites is 1. The van der Waals surface area contributed by atoms with E-state index in [4.69, 9.17) is 9.47 Å². The number of aliphatic imine (C=N–C) groups is 1. The largest absolute Gasteiger partial charge is 0.490 e. The molecule has 2 N–H and O–H groups in total. The van der Waals surface area contributed by atoms with Crippen molar-refractivity contribution in [2.24, 2.45) is 4.99 Å². The Hall–Kier alpha value is -2.83. The summed E-state index contributed by atoms with van der Waals surface area (Å²) in [5.74, 6) is 0.926. The zero-order valence-electron chi connectivity index (χ0n) is 15.5. The van der Waals surface area contributed by atoms with Crippen molar-refractivity contribution in [2.45, 2.75) is 33.5 Å². The Morgan fingerprint density at radius 1 is 1.04 bits per heavy atom. The van der Waals surface area contributed by atoms with Crippen LogP contribution in [-0.4, -0.2) is 25.7 Å². The molecule has 0 aliphatic heterocycles. The fraction of sp³-hybridized carbons (Fsp3) is 0.350. The van der Waals surface area contributed by atoms with Crippen LogP contribution < -0.4 is 20.1 Å². The summed E-state index contributed by atoms with van der Waals surface area (Å²) in [5.41, 5.74) is 1.64. The predicted octanol–water partition coefficient (Wildman–Crippen LogP) is 3.94. The zero-order chi connectivity index (χ0) is 19.5. The van der Waals surface area contributed by atoms with E-state index in [1.54, 1.807) is 25.1 Å². The number of halogens is 2. The SMILES string of the molecule is CCNC(=NCc1ccccc1)NCc1cccc(OCC)c1OC(F)F. The van der Waals surface area contributed by atoms with Crippen LogP contribution in [0.5, 0.6) is 11.5 Å². The van der Waals surface area contributed by atoms with Gasteiger partial charge in [0.25, 0.3) is 0 Å². The minimum Gasteiger partial charge on any atom is -0.490 e.